The number of hydrogen-bond acceptors (Lipinski definition) is 1. The molecule has 1 N–H and O–H groups in total. The summed E-state index contributed by atoms with van der Waals surface area (Å²) in [6.07, 6.45) is -2.17. The summed E-state index contributed by atoms with van der Waals surface area (Å²) >= 11 is 0. The Bertz CT molecular complexity index is 359. The summed E-state index contributed by atoms with van der Waals surface area (Å²) < 4.78 is 38.5. The van der Waals surface area contributed by atoms with Crippen LogP contribution in [-0.4, -0.2) is 17.2 Å². The first-order valence-electron chi connectivity index (χ1n) is 4.24. The van der Waals surface area contributed by atoms with Gasteiger partial charge in [-0.25, -0.2) is 18.0 Å². The molecule has 0 heterocycles. The van der Waals surface area contributed by atoms with Gasteiger partial charge in [-0.15, -0.1) is 0 Å². The Balaban J connectivity index is 3.00. The molecule has 5 heteroatoms. The van der Waals surface area contributed by atoms with Crippen LogP contribution in [0, 0.1) is 11.6 Å². The van der Waals surface area contributed by atoms with Crippen molar-refractivity contribution in [2.24, 2.45) is 0 Å². The lowest BCUT2D eigenvalue weighted by Crippen LogP contribution is -2.21. The van der Waals surface area contributed by atoms with E-state index in [2.05, 4.69) is 0 Å². The van der Waals surface area contributed by atoms with Gasteiger partial charge < -0.3 is 5.11 Å². The second-order valence-corrected chi connectivity index (χ2v) is 3.23. The largest absolute Gasteiger partial charge is 0.479 e. The van der Waals surface area contributed by atoms with Crippen molar-refractivity contribution >= 4 is 5.97 Å². The molecule has 0 saturated carbocycles. The average molecular weight is 218 g/mol. The van der Waals surface area contributed by atoms with E-state index in [1.54, 1.807) is 0 Å². The fourth-order valence-corrected chi connectivity index (χ4v) is 1.22. The van der Waals surface area contributed by atoms with E-state index in [9.17, 15) is 18.0 Å². The van der Waals surface area contributed by atoms with Gasteiger partial charge in [0.05, 0.1) is 0 Å². The van der Waals surface area contributed by atoms with Crippen molar-refractivity contribution in [1.82, 2.24) is 0 Å². The van der Waals surface area contributed by atoms with Crippen LogP contribution in [0.2, 0.25) is 0 Å². The SMILES string of the molecule is CC(c1cc(F)cc(F)c1)C(F)C(=O)O. The zero-order chi connectivity index (χ0) is 11.6. The van der Waals surface area contributed by atoms with Crippen LogP contribution in [-0.2, 0) is 4.79 Å². The number of rotatable bonds is 3. The highest BCUT2D eigenvalue weighted by Gasteiger charge is 2.25. The number of aliphatic carboxylic acids is 1. The molecule has 82 valence electrons. The Labute approximate surface area is 84.3 Å². The molecule has 0 spiro atoms. The lowest BCUT2D eigenvalue weighted by Gasteiger charge is -2.13. The first kappa shape index (κ1) is 11.6. The summed E-state index contributed by atoms with van der Waals surface area (Å²) in [6, 6.07) is 2.48. The molecule has 0 aliphatic heterocycles. The van der Waals surface area contributed by atoms with E-state index in [0.717, 1.165) is 12.1 Å². The van der Waals surface area contributed by atoms with Crippen LogP contribution in [0.15, 0.2) is 18.2 Å². The zero-order valence-corrected chi connectivity index (χ0v) is 7.88. The van der Waals surface area contributed by atoms with Crippen LogP contribution in [0.3, 0.4) is 0 Å². The third kappa shape index (κ3) is 2.71. The number of hydrogen-bond donors (Lipinski definition) is 1. The molecule has 0 bridgehead atoms. The molecule has 2 atom stereocenters. The topological polar surface area (TPSA) is 37.3 Å². The maximum atomic E-state index is 13.0. The third-order valence-electron chi connectivity index (χ3n) is 2.09. The number of carboxylic acids is 1. The minimum Gasteiger partial charge on any atom is -0.479 e. The van der Waals surface area contributed by atoms with Gasteiger partial charge in [-0.3, -0.25) is 0 Å². The number of halogens is 3. The average Bonchev–Trinajstić information content (AvgIpc) is 2.13. The van der Waals surface area contributed by atoms with Crippen LogP contribution in [0.1, 0.15) is 18.4 Å². The molecule has 2 nitrogen and oxygen atoms in total. The first-order chi connectivity index (χ1) is 6.91. The van der Waals surface area contributed by atoms with Gasteiger partial charge in [-0.2, -0.15) is 0 Å². The minimum atomic E-state index is -2.17. The number of alkyl halides is 1. The fourth-order valence-electron chi connectivity index (χ4n) is 1.22. The number of benzene rings is 1. The van der Waals surface area contributed by atoms with Gasteiger partial charge in [-0.05, 0) is 17.7 Å². The van der Waals surface area contributed by atoms with Crippen molar-refractivity contribution in [2.75, 3.05) is 0 Å². The molecule has 2 unspecified atom stereocenters. The van der Waals surface area contributed by atoms with Crippen LogP contribution < -0.4 is 0 Å². The molecule has 0 amide bonds. The first-order valence-corrected chi connectivity index (χ1v) is 4.24. The van der Waals surface area contributed by atoms with E-state index in [-0.39, 0.29) is 5.56 Å². The zero-order valence-electron chi connectivity index (χ0n) is 7.88. The molecule has 0 saturated heterocycles. The van der Waals surface area contributed by atoms with Crippen LogP contribution >= 0.6 is 0 Å². The predicted octanol–water partition coefficient (Wildman–Crippen LogP) is 2.49. The van der Waals surface area contributed by atoms with Crippen molar-refractivity contribution in [2.45, 2.75) is 19.0 Å². The fraction of sp³-hybridized carbons (Fsp3) is 0.300. The van der Waals surface area contributed by atoms with E-state index in [1.807, 2.05) is 0 Å². The summed E-state index contributed by atoms with van der Waals surface area (Å²) in [5.41, 5.74) is -0.0117. The monoisotopic (exact) mass is 218 g/mol. The molecule has 15 heavy (non-hydrogen) atoms. The van der Waals surface area contributed by atoms with Gasteiger partial charge >= 0.3 is 5.97 Å². The standard InChI is InChI=1S/C10H9F3O2/c1-5(9(13)10(14)15)6-2-7(11)4-8(12)3-6/h2-5,9H,1H3,(H,14,15). The van der Waals surface area contributed by atoms with Crippen LogP contribution in [0.4, 0.5) is 13.2 Å². The summed E-state index contributed by atoms with van der Waals surface area (Å²) in [5.74, 6) is -4.44. The second kappa shape index (κ2) is 4.33. The number of carboxylic acid groups (broad SMARTS) is 1. The Morgan fingerprint density at radius 3 is 2.13 bits per heavy atom. The Kier molecular flexibility index (Phi) is 3.34. The van der Waals surface area contributed by atoms with Gasteiger partial charge in [0.2, 0.25) is 6.17 Å². The van der Waals surface area contributed by atoms with Gasteiger partial charge in [0, 0.05) is 12.0 Å². The predicted molar refractivity (Wildman–Crippen MR) is 47.3 cm³/mol. The van der Waals surface area contributed by atoms with Gasteiger partial charge in [-0.1, -0.05) is 6.92 Å². The number of carbonyl (C=O) groups is 1. The Hall–Kier alpha value is -1.52. The van der Waals surface area contributed by atoms with Crippen molar-refractivity contribution in [3.8, 4) is 0 Å². The highest BCUT2D eigenvalue weighted by molar-refractivity contribution is 5.73. The second-order valence-electron chi connectivity index (χ2n) is 3.23. The molecule has 0 aromatic heterocycles. The van der Waals surface area contributed by atoms with Crippen LogP contribution in [0.5, 0.6) is 0 Å². The summed E-state index contributed by atoms with van der Waals surface area (Å²) in [6.45, 7) is 1.26. The van der Waals surface area contributed by atoms with E-state index < -0.39 is 29.7 Å². The molecule has 1 aromatic carbocycles. The smallest absolute Gasteiger partial charge is 0.338 e. The third-order valence-corrected chi connectivity index (χ3v) is 2.09. The van der Waals surface area contributed by atoms with Crippen LogP contribution in [0.25, 0.3) is 0 Å². The molecule has 1 aromatic rings. The Morgan fingerprint density at radius 1 is 1.27 bits per heavy atom. The summed E-state index contributed by atoms with van der Waals surface area (Å²) in [5, 5.41) is 8.39. The molecule has 1 rings (SSSR count). The van der Waals surface area contributed by atoms with Gasteiger partial charge in [0.15, 0.2) is 0 Å². The quantitative estimate of drug-likeness (QED) is 0.846. The highest BCUT2D eigenvalue weighted by atomic mass is 19.1. The molecular formula is C10H9F3O2. The van der Waals surface area contributed by atoms with Crippen molar-refractivity contribution in [3.63, 3.8) is 0 Å². The maximum absolute atomic E-state index is 13.0. The molecule has 0 aliphatic rings. The van der Waals surface area contributed by atoms with Crippen molar-refractivity contribution < 1.29 is 23.1 Å². The van der Waals surface area contributed by atoms with Gasteiger partial charge in [0.25, 0.3) is 0 Å². The summed E-state index contributed by atoms with van der Waals surface area (Å²) in [7, 11) is 0. The normalized spacial score (nSPS) is 14.7. The lowest BCUT2D eigenvalue weighted by atomic mass is 9.96. The van der Waals surface area contributed by atoms with Crippen molar-refractivity contribution in [1.29, 1.82) is 0 Å². The lowest BCUT2D eigenvalue weighted by molar-refractivity contribution is -0.143. The molecule has 0 aliphatic carbocycles. The maximum Gasteiger partial charge on any atom is 0.338 e. The van der Waals surface area contributed by atoms with E-state index in [4.69, 9.17) is 5.11 Å². The van der Waals surface area contributed by atoms with E-state index >= 15 is 0 Å². The van der Waals surface area contributed by atoms with Gasteiger partial charge in [0.1, 0.15) is 11.6 Å². The Morgan fingerprint density at radius 2 is 1.73 bits per heavy atom. The molecular weight excluding hydrogens is 209 g/mol. The van der Waals surface area contributed by atoms with Crippen molar-refractivity contribution in [3.05, 3.63) is 35.4 Å². The molecule has 0 radical (unpaired) electrons. The minimum absolute atomic E-state index is 0.0117. The van der Waals surface area contributed by atoms with E-state index in [0.29, 0.717) is 6.07 Å². The van der Waals surface area contributed by atoms with E-state index in [1.165, 1.54) is 6.92 Å². The summed E-state index contributed by atoms with van der Waals surface area (Å²) in [4.78, 5) is 10.3. The molecule has 0 fully saturated rings. The highest BCUT2D eigenvalue weighted by Crippen LogP contribution is 2.23.